The number of allylic oxidation sites excluding steroid dienone is 2. The van der Waals surface area contributed by atoms with Gasteiger partial charge in [-0.15, -0.1) is 0 Å². The Kier molecular flexibility index (Phi) is 3.29. The van der Waals surface area contributed by atoms with Crippen molar-refractivity contribution in [1.82, 2.24) is 0 Å². The van der Waals surface area contributed by atoms with E-state index in [1.54, 1.807) is 6.08 Å². The van der Waals surface area contributed by atoms with Crippen molar-refractivity contribution in [1.29, 1.82) is 0 Å². The minimum Gasteiger partial charge on any atom is -0.225 e. The quantitative estimate of drug-likeness (QED) is 0.679. The predicted molar refractivity (Wildman–Crippen MR) is 48.9 cm³/mol. The highest BCUT2D eigenvalue weighted by Gasteiger charge is 2.12. The van der Waals surface area contributed by atoms with Gasteiger partial charge in [-0.25, -0.2) is 13.6 Å². The summed E-state index contributed by atoms with van der Waals surface area (Å²) < 4.78 is 21.9. The molecule has 1 aliphatic rings. The summed E-state index contributed by atoms with van der Waals surface area (Å²) in [7, 11) is -3.40. The molecule has 2 N–H and O–H groups in total. The maximum Gasteiger partial charge on any atom is 0.233 e. The van der Waals surface area contributed by atoms with E-state index in [9.17, 15) is 8.42 Å². The number of hydrogen-bond donors (Lipinski definition) is 1. The minimum atomic E-state index is -3.40. The van der Waals surface area contributed by atoms with Crippen molar-refractivity contribution in [2.24, 2.45) is 5.14 Å². The van der Waals surface area contributed by atoms with Crippen LogP contribution in [0.4, 0.5) is 0 Å². The SMILES string of the molecule is NS(=O)(=O)C1=CCCCCCC1. The van der Waals surface area contributed by atoms with Crippen LogP contribution in [0.1, 0.15) is 38.5 Å². The molecule has 0 atom stereocenters. The number of rotatable bonds is 1. The second kappa shape index (κ2) is 4.05. The molecule has 4 heteroatoms. The molecule has 70 valence electrons. The summed E-state index contributed by atoms with van der Waals surface area (Å²) in [5.74, 6) is 0. The molecule has 0 saturated carbocycles. The number of sulfonamides is 1. The van der Waals surface area contributed by atoms with Crippen LogP contribution >= 0.6 is 0 Å². The highest BCUT2D eigenvalue weighted by Crippen LogP contribution is 2.19. The Bertz CT molecular complexity index is 267. The molecule has 0 spiro atoms. The first-order valence-electron chi connectivity index (χ1n) is 4.32. The van der Waals surface area contributed by atoms with Crippen molar-refractivity contribution in [3.63, 3.8) is 0 Å². The molecular weight excluding hydrogens is 174 g/mol. The minimum absolute atomic E-state index is 0.433. The van der Waals surface area contributed by atoms with Crippen molar-refractivity contribution < 1.29 is 8.42 Å². The Balaban J connectivity index is 2.73. The van der Waals surface area contributed by atoms with Crippen LogP contribution in [0, 0.1) is 0 Å². The Morgan fingerprint density at radius 3 is 2.50 bits per heavy atom. The van der Waals surface area contributed by atoms with Crippen molar-refractivity contribution in [2.45, 2.75) is 38.5 Å². The maximum absolute atomic E-state index is 11.0. The largest absolute Gasteiger partial charge is 0.233 e. The van der Waals surface area contributed by atoms with E-state index in [1.165, 1.54) is 6.42 Å². The average molecular weight is 189 g/mol. The summed E-state index contributed by atoms with van der Waals surface area (Å²) in [6, 6.07) is 0. The molecule has 0 fully saturated rings. The van der Waals surface area contributed by atoms with Gasteiger partial charge in [0.1, 0.15) is 0 Å². The second-order valence-electron chi connectivity index (χ2n) is 3.17. The fraction of sp³-hybridized carbons (Fsp3) is 0.750. The fourth-order valence-electron chi connectivity index (χ4n) is 1.42. The van der Waals surface area contributed by atoms with E-state index < -0.39 is 10.0 Å². The van der Waals surface area contributed by atoms with E-state index in [4.69, 9.17) is 5.14 Å². The molecule has 0 unspecified atom stereocenters. The maximum atomic E-state index is 11.0. The normalized spacial score (nSPS) is 20.9. The van der Waals surface area contributed by atoms with Crippen molar-refractivity contribution >= 4 is 10.0 Å². The number of hydrogen-bond acceptors (Lipinski definition) is 2. The van der Waals surface area contributed by atoms with Crippen LogP contribution in [-0.4, -0.2) is 8.42 Å². The third-order valence-electron chi connectivity index (χ3n) is 2.11. The molecule has 0 amide bonds. The summed E-state index contributed by atoms with van der Waals surface area (Å²) in [4.78, 5) is 0.433. The van der Waals surface area contributed by atoms with Crippen LogP contribution in [0.2, 0.25) is 0 Å². The van der Waals surface area contributed by atoms with Gasteiger partial charge in [-0.2, -0.15) is 0 Å². The van der Waals surface area contributed by atoms with E-state index in [0.717, 1.165) is 25.7 Å². The zero-order chi connectivity index (χ0) is 9.03. The van der Waals surface area contributed by atoms with Crippen molar-refractivity contribution in [3.05, 3.63) is 11.0 Å². The summed E-state index contributed by atoms with van der Waals surface area (Å²) >= 11 is 0. The smallest absolute Gasteiger partial charge is 0.225 e. The number of nitrogens with two attached hydrogens (primary N) is 1. The van der Waals surface area contributed by atoms with Crippen molar-refractivity contribution in [3.8, 4) is 0 Å². The molecule has 0 bridgehead atoms. The summed E-state index contributed by atoms with van der Waals surface area (Å²) in [5, 5.41) is 5.03. The zero-order valence-corrected chi connectivity index (χ0v) is 7.94. The van der Waals surface area contributed by atoms with Crippen LogP contribution in [0.15, 0.2) is 11.0 Å². The van der Waals surface area contributed by atoms with Crippen LogP contribution in [-0.2, 0) is 10.0 Å². The lowest BCUT2D eigenvalue weighted by Crippen LogP contribution is -2.15. The molecule has 0 aromatic carbocycles. The fourth-order valence-corrected chi connectivity index (χ4v) is 2.20. The molecule has 12 heavy (non-hydrogen) atoms. The van der Waals surface area contributed by atoms with Gasteiger partial charge in [0.05, 0.1) is 4.91 Å². The lowest BCUT2D eigenvalue weighted by molar-refractivity contribution is 0.592. The Morgan fingerprint density at radius 2 is 1.83 bits per heavy atom. The monoisotopic (exact) mass is 189 g/mol. The molecule has 1 aliphatic carbocycles. The molecule has 3 nitrogen and oxygen atoms in total. The molecule has 0 aliphatic heterocycles. The first-order valence-corrected chi connectivity index (χ1v) is 5.87. The first-order chi connectivity index (χ1) is 5.61. The molecule has 0 aromatic rings. The van der Waals surface area contributed by atoms with Crippen molar-refractivity contribution in [2.75, 3.05) is 0 Å². The highest BCUT2D eigenvalue weighted by atomic mass is 32.2. The van der Waals surface area contributed by atoms with Gasteiger partial charge in [-0.05, 0) is 25.7 Å². The molecule has 0 saturated heterocycles. The lowest BCUT2D eigenvalue weighted by Gasteiger charge is -2.08. The van der Waals surface area contributed by atoms with Crippen LogP contribution < -0.4 is 5.14 Å². The molecule has 0 heterocycles. The Hall–Kier alpha value is -0.350. The Morgan fingerprint density at radius 1 is 1.17 bits per heavy atom. The summed E-state index contributed by atoms with van der Waals surface area (Å²) in [5.41, 5.74) is 0. The average Bonchev–Trinajstić information content (AvgIpc) is 1.81. The summed E-state index contributed by atoms with van der Waals surface area (Å²) in [6.45, 7) is 0. The van der Waals surface area contributed by atoms with Gasteiger partial charge in [0.15, 0.2) is 0 Å². The Labute approximate surface area is 73.7 Å². The first kappa shape index (κ1) is 9.74. The molecule has 0 radical (unpaired) electrons. The van der Waals surface area contributed by atoms with E-state index in [1.807, 2.05) is 0 Å². The molecule has 0 aromatic heterocycles. The van der Waals surface area contributed by atoms with Gasteiger partial charge >= 0.3 is 0 Å². The third-order valence-corrected chi connectivity index (χ3v) is 3.22. The van der Waals surface area contributed by atoms with E-state index >= 15 is 0 Å². The van der Waals surface area contributed by atoms with Crippen LogP contribution in [0.25, 0.3) is 0 Å². The predicted octanol–water partition coefficient (Wildman–Crippen LogP) is 1.51. The topological polar surface area (TPSA) is 60.2 Å². The lowest BCUT2D eigenvalue weighted by atomic mass is 10.1. The molecular formula is C8H15NO2S. The van der Waals surface area contributed by atoms with Crippen LogP contribution in [0.3, 0.4) is 0 Å². The van der Waals surface area contributed by atoms with Gasteiger partial charge in [0, 0.05) is 0 Å². The van der Waals surface area contributed by atoms with E-state index in [-0.39, 0.29) is 0 Å². The highest BCUT2D eigenvalue weighted by molar-refractivity contribution is 7.93. The molecule has 1 rings (SSSR count). The second-order valence-corrected chi connectivity index (χ2v) is 4.78. The van der Waals surface area contributed by atoms with E-state index in [2.05, 4.69) is 0 Å². The van der Waals surface area contributed by atoms with Gasteiger partial charge < -0.3 is 0 Å². The van der Waals surface area contributed by atoms with E-state index in [0.29, 0.717) is 11.3 Å². The standard InChI is InChI=1S/C8H15NO2S/c9-12(10,11)8-6-4-2-1-3-5-7-8/h6H,1-5,7H2,(H2,9,10,11). The zero-order valence-electron chi connectivity index (χ0n) is 7.12. The van der Waals surface area contributed by atoms with Gasteiger partial charge in [0.2, 0.25) is 10.0 Å². The number of primary sulfonamides is 1. The van der Waals surface area contributed by atoms with Gasteiger partial charge in [-0.3, -0.25) is 0 Å². The third kappa shape index (κ3) is 2.95. The van der Waals surface area contributed by atoms with Gasteiger partial charge in [0.25, 0.3) is 0 Å². The van der Waals surface area contributed by atoms with Gasteiger partial charge in [-0.1, -0.05) is 18.9 Å². The van der Waals surface area contributed by atoms with Crippen LogP contribution in [0.5, 0.6) is 0 Å². The summed E-state index contributed by atoms with van der Waals surface area (Å²) in [6.07, 6.45) is 7.60.